The van der Waals surface area contributed by atoms with Crippen LogP contribution in [0.25, 0.3) is 0 Å². The Hall–Kier alpha value is -2.13. The molecule has 0 N–H and O–H groups in total. The van der Waals surface area contributed by atoms with E-state index >= 15 is 0 Å². The lowest BCUT2D eigenvalue weighted by Gasteiger charge is -2.44. The minimum Gasteiger partial charge on any atom is -0.445 e. The number of carbonyl (C=O) groups excluding carboxylic acids is 2. The molecule has 1 aliphatic heterocycles. The summed E-state index contributed by atoms with van der Waals surface area (Å²) in [6.45, 7) is 3.47. The molecule has 1 saturated carbocycles. The van der Waals surface area contributed by atoms with Gasteiger partial charge in [-0.15, -0.1) is 0 Å². The zero-order valence-corrected chi connectivity index (χ0v) is 12.0. The molecule has 1 aromatic carbocycles. The number of carbonyl (C=O) groups is 1. The summed E-state index contributed by atoms with van der Waals surface area (Å²) in [7, 11) is 0. The van der Waals surface area contributed by atoms with E-state index in [1.807, 2.05) is 30.3 Å². The Balaban J connectivity index is 1.61. The Morgan fingerprint density at radius 3 is 2.90 bits per heavy atom. The summed E-state index contributed by atoms with van der Waals surface area (Å²) in [5.41, 5.74) is 0.550. The smallest absolute Gasteiger partial charge is 0.410 e. The second-order valence-corrected chi connectivity index (χ2v) is 6.02. The predicted octanol–water partition coefficient (Wildman–Crippen LogP) is 2.37. The molecule has 1 aromatic rings. The summed E-state index contributed by atoms with van der Waals surface area (Å²) in [4.78, 5) is 28.4. The van der Waals surface area contributed by atoms with Crippen LogP contribution in [0.15, 0.2) is 35.3 Å². The number of isocyanates is 1. The van der Waals surface area contributed by atoms with Gasteiger partial charge in [-0.2, -0.15) is 4.99 Å². The van der Waals surface area contributed by atoms with Crippen molar-refractivity contribution in [2.75, 3.05) is 13.1 Å². The van der Waals surface area contributed by atoms with Crippen molar-refractivity contribution in [3.05, 3.63) is 35.9 Å². The lowest BCUT2D eigenvalue weighted by atomic mass is 9.62. The fraction of sp³-hybridized carbons (Fsp3) is 0.500. The fourth-order valence-corrected chi connectivity index (χ4v) is 3.59. The van der Waals surface area contributed by atoms with Crippen molar-refractivity contribution in [2.24, 2.45) is 16.8 Å². The van der Waals surface area contributed by atoms with Crippen molar-refractivity contribution >= 4 is 12.2 Å². The number of nitrogens with zero attached hydrogens (tertiary/aromatic N) is 2. The highest BCUT2D eigenvalue weighted by Gasteiger charge is 2.59. The Morgan fingerprint density at radius 1 is 1.48 bits per heavy atom. The third kappa shape index (κ3) is 2.45. The molecule has 3 rings (SSSR count). The van der Waals surface area contributed by atoms with Crippen LogP contribution in [0.3, 0.4) is 0 Å². The Morgan fingerprint density at radius 2 is 2.24 bits per heavy atom. The van der Waals surface area contributed by atoms with Crippen molar-refractivity contribution < 1.29 is 14.3 Å². The number of rotatable bonds is 3. The van der Waals surface area contributed by atoms with E-state index in [1.54, 1.807) is 11.0 Å². The number of aliphatic imine (C=N–C) groups is 1. The Labute approximate surface area is 123 Å². The molecule has 110 valence electrons. The fourth-order valence-electron chi connectivity index (χ4n) is 3.59. The van der Waals surface area contributed by atoms with Gasteiger partial charge in [0.15, 0.2) is 0 Å². The minimum atomic E-state index is -0.410. The molecule has 3 unspecified atom stereocenters. The summed E-state index contributed by atoms with van der Waals surface area (Å²) in [6, 6.07) is 9.58. The monoisotopic (exact) mass is 286 g/mol. The van der Waals surface area contributed by atoms with E-state index in [-0.39, 0.29) is 18.6 Å². The van der Waals surface area contributed by atoms with Crippen molar-refractivity contribution in [1.29, 1.82) is 0 Å². The standard InChI is InChI=1S/C16H18N2O3/c1-12-7-16(17-11-19)10-18(8-14(12)16)15(20)21-9-13-5-3-2-4-6-13/h2-6,12,14H,7-10H2,1H3. The lowest BCUT2D eigenvalue weighted by Crippen LogP contribution is -2.50. The zero-order chi connectivity index (χ0) is 14.9. The number of hydrogen-bond donors (Lipinski definition) is 0. The number of hydrogen-bond acceptors (Lipinski definition) is 4. The van der Waals surface area contributed by atoms with Crippen molar-refractivity contribution in [2.45, 2.75) is 25.5 Å². The lowest BCUT2D eigenvalue weighted by molar-refractivity contribution is 0.102. The molecule has 5 heteroatoms. The quantitative estimate of drug-likeness (QED) is 0.633. The topological polar surface area (TPSA) is 59.0 Å². The molecule has 1 saturated heterocycles. The minimum absolute atomic E-state index is 0.253. The maximum Gasteiger partial charge on any atom is 0.410 e. The molecule has 1 aliphatic carbocycles. The van der Waals surface area contributed by atoms with Gasteiger partial charge in [0, 0.05) is 12.5 Å². The predicted molar refractivity (Wildman–Crippen MR) is 76.3 cm³/mol. The number of ether oxygens (including phenoxy) is 1. The van der Waals surface area contributed by atoms with Gasteiger partial charge in [-0.05, 0) is 17.9 Å². The van der Waals surface area contributed by atoms with Gasteiger partial charge in [-0.1, -0.05) is 37.3 Å². The highest BCUT2D eigenvalue weighted by molar-refractivity contribution is 5.68. The highest BCUT2D eigenvalue weighted by atomic mass is 16.6. The van der Waals surface area contributed by atoms with Crippen LogP contribution in [0, 0.1) is 11.8 Å². The first-order valence-electron chi connectivity index (χ1n) is 7.19. The van der Waals surface area contributed by atoms with Gasteiger partial charge in [-0.25, -0.2) is 9.59 Å². The van der Waals surface area contributed by atoms with E-state index in [0.717, 1.165) is 12.0 Å². The average Bonchev–Trinajstić information content (AvgIpc) is 2.79. The van der Waals surface area contributed by atoms with Gasteiger partial charge in [0.25, 0.3) is 0 Å². The van der Waals surface area contributed by atoms with Crippen LogP contribution in [0.5, 0.6) is 0 Å². The van der Waals surface area contributed by atoms with Gasteiger partial charge in [0.2, 0.25) is 6.08 Å². The van der Waals surface area contributed by atoms with Gasteiger partial charge in [0.1, 0.15) is 6.61 Å². The molecule has 2 aliphatic rings. The van der Waals surface area contributed by atoms with E-state index in [1.165, 1.54) is 0 Å². The molecular weight excluding hydrogens is 268 g/mol. The molecule has 2 fully saturated rings. The average molecular weight is 286 g/mol. The van der Waals surface area contributed by atoms with Crippen LogP contribution in [0.1, 0.15) is 18.9 Å². The zero-order valence-electron chi connectivity index (χ0n) is 12.0. The van der Waals surface area contributed by atoms with Gasteiger partial charge < -0.3 is 9.64 Å². The van der Waals surface area contributed by atoms with Crippen LogP contribution in [-0.2, 0) is 16.1 Å². The number of amides is 1. The molecule has 5 nitrogen and oxygen atoms in total. The first-order chi connectivity index (χ1) is 10.1. The molecule has 3 atom stereocenters. The van der Waals surface area contributed by atoms with E-state index in [4.69, 9.17) is 4.74 Å². The summed E-state index contributed by atoms with van der Waals surface area (Å²) in [5, 5.41) is 0. The van der Waals surface area contributed by atoms with E-state index in [2.05, 4.69) is 11.9 Å². The molecular formula is C16H18N2O3. The van der Waals surface area contributed by atoms with Gasteiger partial charge >= 0.3 is 6.09 Å². The first kappa shape index (κ1) is 13.8. The van der Waals surface area contributed by atoms with E-state index in [9.17, 15) is 9.59 Å². The Kier molecular flexibility index (Phi) is 3.52. The van der Waals surface area contributed by atoms with Gasteiger partial charge in [0.05, 0.1) is 12.1 Å². The molecule has 0 spiro atoms. The SMILES string of the molecule is CC1CC2(N=C=O)CN(C(=O)OCc3ccccc3)CC12. The van der Waals surface area contributed by atoms with Crippen molar-refractivity contribution in [3.63, 3.8) is 0 Å². The van der Waals surface area contributed by atoms with Crippen LogP contribution >= 0.6 is 0 Å². The summed E-state index contributed by atoms with van der Waals surface area (Å²) in [5.74, 6) is 0.734. The summed E-state index contributed by atoms with van der Waals surface area (Å²) < 4.78 is 5.34. The number of benzene rings is 1. The molecule has 1 heterocycles. The second-order valence-electron chi connectivity index (χ2n) is 6.02. The van der Waals surface area contributed by atoms with Crippen LogP contribution in [-0.4, -0.2) is 35.7 Å². The second kappa shape index (κ2) is 5.34. The third-order valence-electron chi connectivity index (χ3n) is 4.67. The maximum atomic E-state index is 12.2. The van der Waals surface area contributed by atoms with E-state index < -0.39 is 5.54 Å². The van der Waals surface area contributed by atoms with Gasteiger partial charge in [-0.3, -0.25) is 0 Å². The largest absolute Gasteiger partial charge is 0.445 e. The molecule has 0 bridgehead atoms. The van der Waals surface area contributed by atoms with E-state index in [0.29, 0.717) is 19.0 Å². The summed E-state index contributed by atoms with van der Waals surface area (Å²) >= 11 is 0. The summed E-state index contributed by atoms with van der Waals surface area (Å²) in [6.07, 6.45) is 2.18. The maximum absolute atomic E-state index is 12.2. The molecule has 0 aromatic heterocycles. The van der Waals surface area contributed by atoms with Crippen LogP contribution in [0.2, 0.25) is 0 Å². The van der Waals surface area contributed by atoms with Crippen LogP contribution in [0.4, 0.5) is 4.79 Å². The Bertz CT molecular complexity index is 582. The normalized spacial score (nSPS) is 30.0. The molecule has 1 amide bonds. The molecule has 0 radical (unpaired) electrons. The number of fused-ring (bicyclic) bond motifs is 1. The van der Waals surface area contributed by atoms with Crippen molar-refractivity contribution in [1.82, 2.24) is 4.90 Å². The third-order valence-corrected chi connectivity index (χ3v) is 4.67. The first-order valence-corrected chi connectivity index (χ1v) is 7.19. The highest BCUT2D eigenvalue weighted by Crippen LogP contribution is 2.51. The molecule has 21 heavy (non-hydrogen) atoms. The van der Waals surface area contributed by atoms with Crippen molar-refractivity contribution in [3.8, 4) is 0 Å². The number of likely N-dealkylation sites (tertiary alicyclic amines) is 1. The van der Waals surface area contributed by atoms with Crippen LogP contribution < -0.4 is 0 Å².